The third kappa shape index (κ3) is 8.91. The second kappa shape index (κ2) is 12.2. The van der Waals surface area contributed by atoms with Crippen molar-refractivity contribution in [1.29, 1.82) is 0 Å². The standard InChI is InChI=1S/C22H33ClN8O3/c1-14(2)13-34-16-7-5-15(6-8-16)28-22(33)27-10-12-31(3,4)11-9-26-21(32)17-19(24)30-20(25)18(23)29-17/h5-8,14H,9-13H2,1-4H3,(H6-,24,25,26,27,28,30,32,33)/p+1. The number of anilines is 3. The summed E-state index contributed by atoms with van der Waals surface area (Å²) in [5.41, 5.74) is 11.8. The highest BCUT2D eigenvalue weighted by molar-refractivity contribution is 6.31. The van der Waals surface area contributed by atoms with Crippen molar-refractivity contribution in [1.82, 2.24) is 20.6 Å². The molecule has 0 saturated heterocycles. The van der Waals surface area contributed by atoms with E-state index in [1.165, 1.54) is 0 Å². The second-order valence-corrected chi connectivity index (χ2v) is 9.24. The number of quaternary nitrogens is 1. The molecular formula is C22H34ClN8O3+. The molecule has 0 fully saturated rings. The number of carbonyl (C=O) groups excluding carboxylic acids is 2. The molecular weight excluding hydrogens is 460 g/mol. The maximum absolute atomic E-state index is 12.3. The summed E-state index contributed by atoms with van der Waals surface area (Å²) in [6.45, 7) is 6.90. The monoisotopic (exact) mass is 493 g/mol. The van der Waals surface area contributed by atoms with Gasteiger partial charge in [0.15, 0.2) is 22.5 Å². The van der Waals surface area contributed by atoms with E-state index in [9.17, 15) is 9.59 Å². The van der Waals surface area contributed by atoms with Crippen LogP contribution in [0.2, 0.25) is 5.15 Å². The Kier molecular flexibility index (Phi) is 9.69. The van der Waals surface area contributed by atoms with Crippen LogP contribution in [0.25, 0.3) is 0 Å². The quantitative estimate of drug-likeness (QED) is 0.299. The van der Waals surface area contributed by atoms with E-state index in [-0.39, 0.29) is 28.5 Å². The summed E-state index contributed by atoms with van der Waals surface area (Å²) in [7, 11) is 3.99. The zero-order valence-electron chi connectivity index (χ0n) is 20.0. The van der Waals surface area contributed by atoms with E-state index in [4.69, 9.17) is 27.8 Å². The van der Waals surface area contributed by atoms with Crippen molar-refractivity contribution < 1.29 is 18.8 Å². The van der Waals surface area contributed by atoms with Crippen molar-refractivity contribution in [2.24, 2.45) is 5.92 Å². The van der Waals surface area contributed by atoms with E-state index >= 15 is 0 Å². The number of hydrogen-bond acceptors (Lipinski definition) is 7. The number of nitrogens with one attached hydrogen (secondary N) is 3. The van der Waals surface area contributed by atoms with Crippen molar-refractivity contribution in [2.45, 2.75) is 13.8 Å². The summed E-state index contributed by atoms with van der Waals surface area (Å²) in [6, 6.07) is 6.94. The summed E-state index contributed by atoms with van der Waals surface area (Å²) < 4.78 is 6.20. The Hall–Kier alpha value is -3.31. The van der Waals surface area contributed by atoms with Gasteiger partial charge in [-0.2, -0.15) is 0 Å². The molecule has 7 N–H and O–H groups in total. The molecule has 0 saturated carbocycles. The lowest BCUT2D eigenvalue weighted by Gasteiger charge is -2.29. The summed E-state index contributed by atoms with van der Waals surface area (Å²) in [5, 5.41) is 8.31. The number of halogens is 1. The fourth-order valence-corrected chi connectivity index (χ4v) is 2.95. The first-order valence-corrected chi connectivity index (χ1v) is 11.3. The van der Waals surface area contributed by atoms with E-state index in [1.54, 1.807) is 12.1 Å². The minimum absolute atomic E-state index is 0.0299. The second-order valence-electron chi connectivity index (χ2n) is 8.88. The predicted molar refractivity (Wildman–Crippen MR) is 134 cm³/mol. The molecule has 0 spiro atoms. The molecule has 0 unspecified atom stereocenters. The first-order valence-electron chi connectivity index (χ1n) is 10.9. The minimum atomic E-state index is -0.481. The number of carbonyl (C=O) groups is 2. The lowest BCUT2D eigenvalue weighted by atomic mass is 10.2. The third-order valence-electron chi connectivity index (χ3n) is 4.82. The molecule has 0 radical (unpaired) electrons. The van der Waals surface area contributed by atoms with E-state index in [1.807, 2.05) is 26.2 Å². The fourth-order valence-electron chi connectivity index (χ4n) is 2.82. The van der Waals surface area contributed by atoms with Gasteiger partial charge in [-0.25, -0.2) is 14.8 Å². The Morgan fingerprint density at radius 2 is 1.65 bits per heavy atom. The van der Waals surface area contributed by atoms with Gasteiger partial charge in [0, 0.05) is 5.69 Å². The number of ether oxygens (including phenoxy) is 1. The zero-order chi connectivity index (χ0) is 25.3. The highest BCUT2D eigenvalue weighted by Crippen LogP contribution is 2.17. The summed E-state index contributed by atoms with van der Waals surface area (Å²) in [5.74, 6) is 0.613. The summed E-state index contributed by atoms with van der Waals surface area (Å²) in [6.07, 6.45) is 0. The number of nitrogens with two attached hydrogens (primary N) is 2. The first kappa shape index (κ1) is 26.9. The molecule has 0 bridgehead atoms. The molecule has 3 amide bonds. The van der Waals surface area contributed by atoms with Crippen molar-refractivity contribution in [3.05, 3.63) is 35.1 Å². The van der Waals surface area contributed by atoms with Crippen LogP contribution in [0.15, 0.2) is 24.3 Å². The highest BCUT2D eigenvalue weighted by atomic mass is 35.5. The van der Waals surface area contributed by atoms with Gasteiger partial charge in [-0.05, 0) is 30.2 Å². The van der Waals surface area contributed by atoms with Crippen LogP contribution in [0.4, 0.5) is 22.1 Å². The Morgan fingerprint density at radius 3 is 2.26 bits per heavy atom. The molecule has 2 rings (SSSR count). The van der Waals surface area contributed by atoms with Crippen molar-refractivity contribution in [3.63, 3.8) is 0 Å². The molecule has 0 aliphatic carbocycles. The molecule has 186 valence electrons. The van der Waals surface area contributed by atoms with E-state index in [0.717, 1.165) is 5.75 Å². The topological polar surface area (TPSA) is 157 Å². The van der Waals surface area contributed by atoms with Crippen LogP contribution in [0.5, 0.6) is 5.75 Å². The number of aromatic nitrogens is 2. The van der Waals surface area contributed by atoms with Gasteiger partial charge in [-0.1, -0.05) is 25.4 Å². The number of likely N-dealkylation sites (N-methyl/N-ethyl adjacent to an activating group) is 1. The van der Waals surface area contributed by atoms with Gasteiger partial charge < -0.3 is 36.6 Å². The maximum atomic E-state index is 12.3. The van der Waals surface area contributed by atoms with Crippen molar-refractivity contribution >= 4 is 40.9 Å². The minimum Gasteiger partial charge on any atom is -0.493 e. The van der Waals surface area contributed by atoms with Crippen LogP contribution in [-0.4, -0.2) is 73.3 Å². The lowest BCUT2D eigenvalue weighted by molar-refractivity contribution is -0.887. The Bertz CT molecular complexity index is 983. The predicted octanol–water partition coefficient (Wildman–Crippen LogP) is 1.96. The van der Waals surface area contributed by atoms with Crippen LogP contribution in [-0.2, 0) is 0 Å². The Morgan fingerprint density at radius 1 is 1.03 bits per heavy atom. The highest BCUT2D eigenvalue weighted by Gasteiger charge is 2.19. The molecule has 0 aliphatic heterocycles. The molecule has 12 heteroatoms. The van der Waals surface area contributed by atoms with Gasteiger partial charge in [-0.15, -0.1) is 0 Å². The number of hydrogen-bond donors (Lipinski definition) is 5. The molecule has 2 aromatic rings. The average molecular weight is 494 g/mol. The number of urea groups is 1. The van der Waals surface area contributed by atoms with Gasteiger partial charge in [0.05, 0.1) is 46.9 Å². The van der Waals surface area contributed by atoms with Crippen molar-refractivity contribution in [2.75, 3.05) is 63.7 Å². The van der Waals surface area contributed by atoms with Gasteiger partial charge in [-0.3, -0.25) is 4.79 Å². The van der Waals surface area contributed by atoms with Crippen LogP contribution in [0.1, 0.15) is 24.3 Å². The SMILES string of the molecule is CC(C)COc1ccc(NC(=O)NCC[N+](C)(C)CCNC(=O)c2nc(Cl)c(N)nc2N)cc1. The van der Waals surface area contributed by atoms with E-state index in [0.29, 0.717) is 48.9 Å². The van der Waals surface area contributed by atoms with E-state index in [2.05, 4.69) is 39.8 Å². The van der Waals surface area contributed by atoms with Gasteiger partial charge in [0.1, 0.15) is 5.75 Å². The number of rotatable bonds is 11. The Labute approximate surface area is 204 Å². The van der Waals surface area contributed by atoms with Gasteiger partial charge in [0.25, 0.3) is 5.91 Å². The molecule has 1 heterocycles. The van der Waals surface area contributed by atoms with Crippen LogP contribution >= 0.6 is 11.6 Å². The number of nitrogen functional groups attached to an aromatic ring is 2. The number of benzene rings is 1. The van der Waals surface area contributed by atoms with Gasteiger partial charge in [0.2, 0.25) is 0 Å². The normalized spacial score (nSPS) is 11.2. The van der Waals surface area contributed by atoms with Crippen LogP contribution < -0.4 is 32.2 Å². The maximum Gasteiger partial charge on any atom is 0.319 e. The molecule has 1 aromatic heterocycles. The largest absolute Gasteiger partial charge is 0.493 e. The van der Waals surface area contributed by atoms with Gasteiger partial charge >= 0.3 is 6.03 Å². The van der Waals surface area contributed by atoms with Crippen LogP contribution in [0.3, 0.4) is 0 Å². The third-order valence-corrected chi connectivity index (χ3v) is 5.10. The molecule has 1 aromatic carbocycles. The molecule has 11 nitrogen and oxygen atoms in total. The molecule has 0 atom stereocenters. The van der Waals surface area contributed by atoms with Crippen LogP contribution in [0, 0.1) is 5.92 Å². The van der Waals surface area contributed by atoms with E-state index < -0.39 is 5.91 Å². The van der Waals surface area contributed by atoms with Crippen molar-refractivity contribution in [3.8, 4) is 5.75 Å². The first-order chi connectivity index (χ1) is 16.0. The fraction of sp³-hybridized carbons (Fsp3) is 0.455. The molecule has 34 heavy (non-hydrogen) atoms. The zero-order valence-corrected chi connectivity index (χ0v) is 20.8. The summed E-state index contributed by atoms with van der Waals surface area (Å²) >= 11 is 5.82. The Balaban J connectivity index is 1.71. The molecule has 0 aliphatic rings. The lowest BCUT2D eigenvalue weighted by Crippen LogP contribution is -2.49. The number of amides is 3. The summed E-state index contributed by atoms with van der Waals surface area (Å²) in [4.78, 5) is 32.2. The smallest absolute Gasteiger partial charge is 0.319 e. The average Bonchev–Trinajstić information content (AvgIpc) is 2.75. The number of nitrogens with zero attached hydrogens (tertiary/aromatic N) is 3.